The summed E-state index contributed by atoms with van der Waals surface area (Å²) < 4.78 is 0. The fourth-order valence-corrected chi connectivity index (χ4v) is 7.29. The lowest BCUT2D eigenvalue weighted by atomic mass is 9.34. The second kappa shape index (κ2) is 3.78. The summed E-state index contributed by atoms with van der Waals surface area (Å²) in [5, 5.41) is 0. The molecular weight excluding hydrogens is 240 g/mol. The van der Waals surface area contributed by atoms with Crippen molar-refractivity contribution in [2.24, 2.45) is 34.5 Å². The highest BCUT2D eigenvalue weighted by Gasteiger charge is 2.76. The Morgan fingerprint density at radius 1 is 0.600 bits per heavy atom. The van der Waals surface area contributed by atoms with Crippen LogP contribution >= 0.6 is 0 Å². The Kier molecular flexibility index (Phi) is 2.19. The molecule has 0 heteroatoms. The van der Waals surface area contributed by atoms with Crippen molar-refractivity contribution < 1.29 is 0 Å². The summed E-state index contributed by atoms with van der Waals surface area (Å²) in [5.74, 6) is 3.49. The summed E-state index contributed by atoms with van der Waals surface area (Å²) in [5.41, 5.74) is 1.20. The average molecular weight is 264 g/mol. The van der Waals surface area contributed by atoms with Gasteiger partial charge in [-0.25, -0.2) is 0 Å². The number of fused-ring (bicyclic) bond motifs is 4. The predicted octanol–water partition coefficient (Wildman–Crippen LogP) is 5.06. The highest BCUT2D eigenvalue weighted by atomic mass is 14.8. The molecule has 4 unspecified atom stereocenters. The zero-order chi connectivity index (χ0) is 13.2. The number of rotatable bonds is 2. The third-order valence-electron chi connectivity index (χ3n) is 7.57. The van der Waals surface area contributed by atoms with Gasteiger partial charge in [0.15, 0.2) is 0 Å². The highest BCUT2D eigenvalue weighted by molar-refractivity contribution is 5.36. The van der Waals surface area contributed by atoms with Crippen LogP contribution in [-0.2, 0) is 0 Å². The maximum absolute atomic E-state index is 2.51. The van der Waals surface area contributed by atoms with E-state index in [2.05, 4.69) is 48.6 Å². The summed E-state index contributed by atoms with van der Waals surface area (Å²) in [6, 6.07) is 0. The van der Waals surface area contributed by atoms with E-state index in [4.69, 9.17) is 0 Å². The van der Waals surface area contributed by atoms with Crippen molar-refractivity contribution in [3.63, 3.8) is 0 Å². The monoisotopic (exact) mass is 264 g/mol. The van der Waals surface area contributed by atoms with Crippen molar-refractivity contribution in [3.8, 4) is 0 Å². The molecule has 0 radical (unpaired) electrons. The second-order valence-corrected chi connectivity index (χ2v) is 7.67. The molecule has 4 atom stereocenters. The standard InChI is InChI=1S/C20H24/c1-2-8-15(7-1)19-13-5-11-17(19)18-12-6-14-20(18,19)16-9-3-4-10-16/h1-4,7-10,15-18H,5-6,11-14H2. The fourth-order valence-electron chi connectivity index (χ4n) is 7.29. The lowest BCUT2D eigenvalue weighted by molar-refractivity contribution is -0.205. The van der Waals surface area contributed by atoms with Crippen LogP contribution in [0.5, 0.6) is 0 Å². The third kappa shape index (κ3) is 1.06. The molecule has 5 aliphatic rings. The summed E-state index contributed by atoms with van der Waals surface area (Å²) in [6.45, 7) is 0. The van der Waals surface area contributed by atoms with E-state index in [-0.39, 0.29) is 0 Å². The molecule has 0 N–H and O–H groups in total. The van der Waals surface area contributed by atoms with Crippen molar-refractivity contribution in [1.29, 1.82) is 0 Å². The molecule has 5 aliphatic carbocycles. The number of hydrogen-bond donors (Lipinski definition) is 0. The first-order valence-corrected chi connectivity index (χ1v) is 8.59. The van der Waals surface area contributed by atoms with Crippen molar-refractivity contribution in [1.82, 2.24) is 0 Å². The molecule has 0 aliphatic heterocycles. The fraction of sp³-hybridized carbons (Fsp3) is 0.600. The van der Waals surface area contributed by atoms with Crippen LogP contribution in [0.15, 0.2) is 48.6 Å². The maximum Gasteiger partial charge on any atom is 0.00178 e. The second-order valence-electron chi connectivity index (χ2n) is 7.67. The van der Waals surface area contributed by atoms with Crippen LogP contribution in [0.4, 0.5) is 0 Å². The van der Waals surface area contributed by atoms with E-state index in [0.717, 1.165) is 23.7 Å². The van der Waals surface area contributed by atoms with Crippen molar-refractivity contribution in [2.45, 2.75) is 38.5 Å². The van der Waals surface area contributed by atoms with E-state index in [1.807, 2.05) is 0 Å². The first-order chi connectivity index (χ1) is 9.89. The smallest absolute Gasteiger partial charge is 0.00178 e. The summed E-state index contributed by atoms with van der Waals surface area (Å²) in [7, 11) is 0. The summed E-state index contributed by atoms with van der Waals surface area (Å²) in [6.07, 6.45) is 28.1. The van der Waals surface area contributed by atoms with Gasteiger partial charge in [-0.15, -0.1) is 0 Å². The molecule has 0 saturated heterocycles. The van der Waals surface area contributed by atoms with Gasteiger partial charge < -0.3 is 0 Å². The molecule has 0 heterocycles. The largest absolute Gasteiger partial charge is 0.0770 e. The number of allylic oxidation sites excluding steroid dienone is 8. The Bertz CT molecular complexity index is 474. The van der Waals surface area contributed by atoms with Gasteiger partial charge in [-0.3, -0.25) is 0 Å². The van der Waals surface area contributed by atoms with E-state index < -0.39 is 0 Å². The molecule has 104 valence electrons. The average Bonchev–Trinajstić information content (AvgIpc) is 3.21. The van der Waals surface area contributed by atoms with Crippen molar-refractivity contribution >= 4 is 0 Å². The molecular formula is C20H24. The molecule has 0 nitrogen and oxygen atoms in total. The van der Waals surface area contributed by atoms with Crippen LogP contribution in [0.2, 0.25) is 0 Å². The lowest BCUT2D eigenvalue weighted by Crippen LogP contribution is -2.65. The van der Waals surface area contributed by atoms with E-state index in [9.17, 15) is 0 Å². The predicted molar refractivity (Wildman–Crippen MR) is 83.1 cm³/mol. The van der Waals surface area contributed by atoms with E-state index in [1.165, 1.54) is 38.5 Å². The number of hydrogen-bond acceptors (Lipinski definition) is 0. The zero-order valence-electron chi connectivity index (χ0n) is 12.2. The SMILES string of the molecule is C1=CC(C23CCCC2C2CCCC23C2C=CC=C2)C=C1. The molecule has 3 fully saturated rings. The van der Waals surface area contributed by atoms with Gasteiger partial charge in [-0.05, 0) is 48.3 Å². The molecule has 0 aromatic carbocycles. The van der Waals surface area contributed by atoms with Gasteiger partial charge in [0.1, 0.15) is 0 Å². The van der Waals surface area contributed by atoms with Crippen LogP contribution in [0, 0.1) is 34.5 Å². The van der Waals surface area contributed by atoms with Crippen LogP contribution < -0.4 is 0 Å². The van der Waals surface area contributed by atoms with E-state index in [1.54, 1.807) is 0 Å². The highest BCUT2D eigenvalue weighted by Crippen LogP contribution is 2.82. The molecule has 20 heavy (non-hydrogen) atoms. The van der Waals surface area contributed by atoms with Crippen LogP contribution in [0.25, 0.3) is 0 Å². The van der Waals surface area contributed by atoms with Gasteiger partial charge in [-0.1, -0.05) is 61.4 Å². The van der Waals surface area contributed by atoms with Crippen molar-refractivity contribution in [2.75, 3.05) is 0 Å². The minimum Gasteiger partial charge on any atom is -0.0770 e. The quantitative estimate of drug-likeness (QED) is 0.654. The zero-order valence-corrected chi connectivity index (χ0v) is 12.2. The van der Waals surface area contributed by atoms with Gasteiger partial charge in [-0.2, -0.15) is 0 Å². The first kappa shape index (κ1) is 11.6. The van der Waals surface area contributed by atoms with Crippen LogP contribution in [-0.4, -0.2) is 0 Å². The summed E-state index contributed by atoms with van der Waals surface area (Å²) in [4.78, 5) is 0. The van der Waals surface area contributed by atoms with Gasteiger partial charge >= 0.3 is 0 Å². The van der Waals surface area contributed by atoms with E-state index >= 15 is 0 Å². The molecule has 0 bridgehead atoms. The molecule has 5 rings (SSSR count). The van der Waals surface area contributed by atoms with E-state index in [0.29, 0.717) is 10.8 Å². The minimum atomic E-state index is 0.599. The lowest BCUT2D eigenvalue weighted by Gasteiger charge is -2.69. The molecule has 0 aromatic rings. The molecule has 0 aromatic heterocycles. The maximum atomic E-state index is 2.51. The Labute approximate surface area is 122 Å². The van der Waals surface area contributed by atoms with Crippen LogP contribution in [0.3, 0.4) is 0 Å². The third-order valence-corrected chi connectivity index (χ3v) is 7.57. The summed E-state index contributed by atoms with van der Waals surface area (Å²) >= 11 is 0. The Balaban J connectivity index is 1.66. The molecule has 0 spiro atoms. The Morgan fingerprint density at radius 3 is 1.40 bits per heavy atom. The minimum absolute atomic E-state index is 0.599. The topological polar surface area (TPSA) is 0 Å². The Morgan fingerprint density at radius 2 is 1.00 bits per heavy atom. The van der Waals surface area contributed by atoms with Gasteiger partial charge in [0.2, 0.25) is 0 Å². The van der Waals surface area contributed by atoms with Gasteiger partial charge in [0.25, 0.3) is 0 Å². The first-order valence-electron chi connectivity index (χ1n) is 8.59. The van der Waals surface area contributed by atoms with Gasteiger partial charge in [0.05, 0.1) is 0 Å². The molecule has 3 saturated carbocycles. The van der Waals surface area contributed by atoms with Crippen LogP contribution in [0.1, 0.15) is 38.5 Å². The van der Waals surface area contributed by atoms with Crippen molar-refractivity contribution in [3.05, 3.63) is 48.6 Å². The molecule has 0 amide bonds. The normalized spacial score (nSPS) is 49.0. The Hall–Kier alpha value is -1.04. The van der Waals surface area contributed by atoms with Gasteiger partial charge in [0, 0.05) is 11.8 Å².